The van der Waals surface area contributed by atoms with Gasteiger partial charge in [-0.3, -0.25) is 4.72 Å². The van der Waals surface area contributed by atoms with E-state index >= 15 is 0 Å². The molecule has 0 unspecified atom stereocenters. The first-order valence-electron chi connectivity index (χ1n) is 9.74. The number of hydrogen-bond donors (Lipinski definition) is 1. The first-order chi connectivity index (χ1) is 14.9. The molecule has 0 atom stereocenters. The molecule has 31 heavy (non-hydrogen) atoms. The summed E-state index contributed by atoms with van der Waals surface area (Å²) in [5, 5.41) is 15.4. The summed E-state index contributed by atoms with van der Waals surface area (Å²) in [6.07, 6.45) is 0. The number of nitrogens with one attached hydrogen (secondary N) is 1. The van der Waals surface area contributed by atoms with Crippen LogP contribution in [0.3, 0.4) is 0 Å². The van der Waals surface area contributed by atoms with Gasteiger partial charge in [-0.1, -0.05) is 54.6 Å². The molecular formula is C23H19N5O2S. The van der Waals surface area contributed by atoms with Crippen molar-refractivity contribution < 1.29 is 8.42 Å². The molecule has 0 amide bonds. The molecular weight excluding hydrogens is 410 g/mol. The van der Waals surface area contributed by atoms with Gasteiger partial charge in [0, 0.05) is 16.3 Å². The van der Waals surface area contributed by atoms with E-state index in [1.807, 2.05) is 50.2 Å². The molecule has 0 aliphatic rings. The van der Waals surface area contributed by atoms with Crippen LogP contribution >= 0.6 is 0 Å². The lowest BCUT2D eigenvalue weighted by Crippen LogP contribution is -2.13. The van der Waals surface area contributed by atoms with Crippen molar-refractivity contribution in [3.63, 3.8) is 0 Å². The minimum Gasteiger partial charge on any atom is -0.279 e. The average molecular weight is 430 g/mol. The van der Waals surface area contributed by atoms with Crippen LogP contribution in [0, 0.1) is 13.8 Å². The standard InChI is InChI=1S/C23H19N5O2S/c1-15-12-13-17(14-21(15)27-31(29,30)18-8-4-3-5-9-18)22-24-25-23-20-11-7-6-10-19(20)16(2)26-28(22)23/h3-14,27H,1-2H3. The molecule has 0 fully saturated rings. The Labute approximate surface area is 179 Å². The number of benzene rings is 3. The average Bonchev–Trinajstić information content (AvgIpc) is 3.20. The predicted molar refractivity (Wildman–Crippen MR) is 120 cm³/mol. The van der Waals surface area contributed by atoms with Crippen LogP contribution in [0.4, 0.5) is 5.69 Å². The van der Waals surface area contributed by atoms with Crippen molar-refractivity contribution in [2.24, 2.45) is 0 Å². The van der Waals surface area contributed by atoms with Crippen LogP contribution in [0.1, 0.15) is 11.3 Å². The molecule has 7 nitrogen and oxygen atoms in total. The monoisotopic (exact) mass is 429 g/mol. The lowest BCUT2D eigenvalue weighted by molar-refractivity contribution is 0.601. The fourth-order valence-corrected chi connectivity index (χ4v) is 4.74. The topological polar surface area (TPSA) is 89.2 Å². The Balaban J connectivity index is 1.62. The molecule has 0 aliphatic heterocycles. The fraction of sp³-hybridized carbons (Fsp3) is 0.0870. The lowest BCUT2D eigenvalue weighted by Gasteiger charge is -2.12. The molecule has 1 N–H and O–H groups in total. The second kappa shape index (κ2) is 7.17. The van der Waals surface area contributed by atoms with Gasteiger partial charge in [-0.05, 0) is 37.6 Å². The third-order valence-corrected chi connectivity index (χ3v) is 6.62. The van der Waals surface area contributed by atoms with E-state index in [4.69, 9.17) is 0 Å². The summed E-state index contributed by atoms with van der Waals surface area (Å²) in [5.74, 6) is 0.545. The maximum atomic E-state index is 12.8. The molecule has 2 aromatic heterocycles. The van der Waals surface area contributed by atoms with E-state index in [0.717, 1.165) is 22.0 Å². The van der Waals surface area contributed by atoms with Gasteiger partial charge in [0.25, 0.3) is 10.0 Å². The normalized spacial score (nSPS) is 11.8. The zero-order chi connectivity index (χ0) is 21.6. The molecule has 3 aromatic carbocycles. The molecule has 0 aliphatic carbocycles. The van der Waals surface area contributed by atoms with E-state index in [2.05, 4.69) is 20.0 Å². The van der Waals surface area contributed by atoms with Crippen molar-refractivity contribution in [2.75, 3.05) is 4.72 Å². The van der Waals surface area contributed by atoms with Crippen molar-refractivity contribution in [2.45, 2.75) is 18.7 Å². The van der Waals surface area contributed by atoms with Crippen LogP contribution in [0.15, 0.2) is 77.7 Å². The third kappa shape index (κ3) is 3.30. The molecule has 0 saturated carbocycles. The highest BCUT2D eigenvalue weighted by Gasteiger charge is 2.18. The first kappa shape index (κ1) is 19.2. The van der Waals surface area contributed by atoms with E-state index in [9.17, 15) is 8.42 Å². The number of aryl methyl sites for hydroxylation is 2. The number of anilines is 1. The lowest BCUT2D eigenvalue weighted by atomic mass is 10.1. The van der Waals surface area contributed by atoms with Crippen LogP contribution in [0.5, 0.6) is 0 Å². The molecule has 5 rings (SSSR count). The maximum absolute atomic E-state index is 12.8. The fourth-order valence-electron chi connectivity index (χ4n) is 3.59. The Kier molecular flexibility index (Phi) is 4.44. The van der Waals surface area contributed by atoms with E-state index < -0.39 is 10.0 Å². The van der Waals surface area contributed by atoms with Crippen LogP contribution in [-0.2, 0) is 10.0 Å². The summed E-state index contributed by atoms with van der Waals surface area (Å²) in [5.41, 5.74) is 3.51. The Hall–Kier alpha value is -3.78. The highest BCUT2D eigenvalue weighted by atomic mass is 32.2. The van der Waals surface area contributed by atoms with Crippen molar-refractivity contribution >= 4 is 32.1 Å². The molecule has 0 bridgehead atoms. The number of sulfonamides is 1. The van der Waals surface area contributed by atoms with E-state index in [1.165, 1.54) is 0 Å². The minimum absolute atomic E-state index is 0.205. The maximum Gasteiger partial charge on any atom is 0.261 e. The van der Waals surface area contributed by atoms with Crippen LogP contribution in [0.2, 0.25) is 0 Å². The van der Waals surface area contributed by atoms with Gasteiger partial charge in [0.1, 0.15) is 0 Å². The summed E-state index contributed by atoms with van der Waals surface area (Å²) in [6.45, 7) is 3.80. The van der Waals surface area contributed by atoms with Gasteiger partial charge < -0.3 is 0 Å². The largest absolute Gasteiger partial charge is 0.279 e. The molecule has 0 radical (unpaired) electrons. The van der Waals surface area contributed by atoms with Gasteiger partial charge in [-0.25, -0.2) is 8.42 Å². The van der Waals surface area contributed by atoms with Crippen LogP contribution in [-0.4, -0.2) is 28.2 Å². The first-order valence-corrected chi connectivity index (χ1v) is 11.2. The van der Waals surface area contributed by atoms with Crippen molar-refractivity contribution in [1.29, 1.82) is 0 Å². The van der Waals surface area contributed by atoms with Gasteiger partial charge in [0.2, 0.25) is 0 Å². The van der Waals surface area contributed by atoms with Gasteiger partial charge >= 0.3 is 0 Å². The van der Waals surface area contributed by atoms with Gasteiger partial charge in [0.15, 0.2) is 11.5 Å². The number of hydrogen-bond acceptors (Lipinski definition) is 5. The second-order valence-electron chi connectivity index (χ2n) is 7.34. The summed E-state index contributed by atoms with van der Waals surface area (Å²) in [4.78, 5) is 0.205. The van der Waals surface area contributed by atoms with Gasteiger partial charge in [0.05, 0.1) is 16.3 Å². The third-order valence-electron chi connectivity index (χ3n) is 5.24. The van der Waals surface area contributed by atoms with Crippen molar-refractivity contribution in [1.82, 2.24) is 19.8 Å². The van der Waals surface area contributed by atoms with E-state index in [0.29, 0.717) is 22.7 Å². The highest BCUT2D eigenvalue weighted by molar-refractivity contribution is 7.92. The zero-order valence-corrected chi connectivity index (χ0v) is 17.8. The zero-order valence-electron chi connectivity index (χ0n) is 16.9. The van der Waals surface area contributed by atoms with Crippen LogP contribution in [0.25, 0.3) is 27.8 Å². The van der Waals surface area contributed by atoms with E-state index in [-0.39, 0.29) is 4.90 Å². The van der Waals surface area contributed by atoms with Crippen molar-refractivity contribution in [3.05, 3.63) is 84.1 Å². The Bertz CT molecular complexity index is 1540. The van der Waals surface area contributed by atoms with E-state index in [1.54, 1.807) is 40.9 Å². The molecule has 8 heteroatoms. The minimum atomic E-state index is -3.71. The Morgan fingerprint density at radius 2 is 1.55 bits per heavy atom. The second-order valence-corrected chi connectivity index (χ2v) is 9.02. The number of nitrogens with zero attached hydrogens (tertiary/aromatic N) is 4. The molecule has 0 spiro atoms. The van der Waals surface area contributed by atoms with Crippen molar-refractivity contribution in [3.8, 4) is 11.4 Å². The number of fused-ring (bicyclic) bond motifs is 3. The summed E-state index contributed by atoms with van der Waals surface area (Å²) in [7, 11) is -3.71. The van der Waals surface area contributed by atoms with Gasteiger partial charge in [-0.15, -0.1) is 10.2 Å². The Morgan fingerprint density at radius 1 is 0.839 bits per heavy atom. The summed E-state index contributed by atoms with van der Waals surface area (Å²) >= 11 is 0. The quantitative estimate of drug-likeness (QED) is 0.458. The molecule has 2 heterocycles. The summed E-state index contributed by atoms with van der Waals surface area (Å²) < 4.78 is 30.0. The Morgan fingerprint density at radius 3 is 2.32 bits per heavy atom. The molecule has 154 valence electrons. The van der Waals surface area contributed by atoms with Gasteiger partial charge in [-0.2, -0.15) is 9.61 Å². The number of aromatic nitrogens is 4. The summed E-state index contributed by atoms with van der Waals surface area (Å²) in [6, 6.07) is 21.7. The molecule has 5 aromatic rings. The number of rotatable bonds is 4. The smallest absolute Gasteiger partial charge is 0.261 e. The molecule has 0 saturated heterocycles. The van der Waals surface area contributed by atoms with Crippen LogP contribution < -0.4 is 4.72 Å². The highest BCUT2D eigenvalue weighted by Crippen LogP contribution is 2.28. The predicted octanol–water partition coefficient (Wildman–Crippen LogP) is 4.36. The SMILES string of the molecule is Cc1ccc(-c2nnc3c4ccccc4c(C)nn23)cc1NS(=O)(=O)c1ccccc1.